The van der Waals surface area contributed by atoms with Gasteiger partial charge < -0.3 is 14.8 Å². The topological polar surface area (TPSA) is 30.5 Å². The highest BCUT2D eigenvalue weighted by Gasteiger charge is 2.18. The predicted octanol–water partition coefficient (Wildman–Crippen LogP) is 1.18. The molecule has 0 bridgehead atoms. The fraction of sp³-hybridized carbons (Fsp3) is 1.00. The van der Waals surface area contributed by atoms with E-state index in [1.807, 2.05) is 6.92 Å². The second kappa shape index (κ2) is 5.58. The predicted molar refractivity (Wildman–Crippen MR) is 52.9 cm³/mol. The molecule has 0 amide bonds. The Morgan fingerprint density at radius 1 is 1.46 bits per heavy atom. The van der Waals surface area contributed by atoms with Crippen LogP contribution in [0.2, 0.25) is 0 Å². The van der Waals surface area contributed by atoms with Crippen molar-refractivity contribution in [3.8, 4) is 0 Å². The van der Waals surface area contributed by atoms with E-state index < -0.39 is 0 Å². The van der Waals surface area contributed by atoms with E-state index in [1.165, 1.54) is 12.8 Å². The standard InChI is InChI=1S/C10H21NO2/c1-8-4-5-10(6-11-8)13-7-9(2)12-3/h8-11H,4-7H2,1-3H3. The van der Waals surface area contributed by atoms with Crippen molar-refractivity contribution >= 4 is 0 Å². The van der Waals surface area contributed by atoms with Crippen molar-refractivity contribution in [2.45, 2.75) is 44.9 Å². The van der Waals surface area contributed by atoms with Crippen LogP contribution >= 0.6 is 0 Å². The molecule has 0 saturated carbocycles. The zero-order chi connectivity index (χ0) is 9.68. The lowest BCUT2D eigenvalue weighted by Crippen LogP contribution is -2.41. The van der Waals surface area contributed by atoms with Gasteiger partial charge in [0.1, 0.15) is 0 Å². The van der Waals surface area contributed by atoms with Crippen LogP contribution in [0.15, 0.2) is 0 Å². The Balaban J connectivity index is 2.08. The van der Waals surface area contributed by atoms with Crippen LogP contribution in [0.25, 0.3) is 0 Å². The molecule has 0 aromatic carbocycles. The van der Waals surface area contributed by atoms with Gasteiger partial charge in [0.25, 0.3) is 0 Å². The van der Waals surface area contributed by atoms with Gasteiger partial charge in [-0.2, -0.15) is 0 Å². The van der Waals surface area contributed by atoms with Gasteiger partial charge in [-0.05, 0) is 26.7 Å². The van der Waals surface area contributed by atoms with Crippen LogP contribution in [0.1, 0.15) is 26.7 Å². The number of hydrogen-bond acceptors (Lipinski definition) is 3. The lowest BCUT2D eigenvalue weighted by molar-refractivity contribution is -0.0299. The Bertz CT molecular complexity index is 133. The number of rotatable bonds is 4. The molecule has 1 fully saturated rings. The van der Waals surface area contributed by atoms with Gasteiger partial charge in [0, 0.05) is 19.7 Å². The van der Waals surface area contributed by atoms with Crippen LogP contribution < -0.4 is 5.32 Å². The molecule has 1 rings (SSSR count). The minimum atomic E-state index is 0.208. The zero-order valence-corrected chi connectivity index (χ0v) is 8.88. The Labute approximate surface area is 80.8 Å². The average Bonchev–Trinajstić information content (AvgIpc) is 2.16. The van der Waals surface area contributed by atoms with Crippen LogP contribution in [-0.4, -0.2) is 38.5 Å². The summed E-state index contributed by atoms with van der Waals surface area (Å²) >= 11 is 0. The summed E-state index contributed by atoms with van der Waals surface area (Å²) < 4.78 is 10.8. The van der Waals surface area contributed by atoms with Gasteiger partial charge in [0.2, 0.25) is 0 Å². The quantitative estimate of drug-likeness (QED) is 0.717. The summed E-state index contributed by atoms with van der Waals surface area (Å²) in [6.07, 6.45) is 2.98. The van der Waals surface area contributed by atoms with Crippen molar-refractivity contribution in [2.24, 2.45) is 0 Å². The molecule has 3 nitrogen and oxygen atoms in total. The minimum Gasteiger partial charge on any atom is -0.379 e. The molecule has 0 aromatic heterocycles. The molecule has 1 aliphatic heterocycles. The Morgan fingerprint density at radius 3 is 2.77 bits per heavy atom. The summed E-state index contributed by atoms with van der Waals surface area (Å²) in [5, 5.41) is 3.41. The lowest BCUT2D eigenvalue weighted by atomic mass is 10.0. The number of ether oxygens (including phenoxy) is 2. The molecule has 78 valence electrons. The fourth-order valence-corrected chi connectivity index (χ4v) is 1.45. The maximum atomic E-state index is 5.70. The SMILES string of the molecule is COC(C)COC1CCC(C)NC1. The maximum absolute atomic E-state index is 5.70. The van der Waals surface area contributed by atoms with Gasteiger partial charge in [-0.25, -0.2) is 0 Å². The smallest absolute Gasteiger partial charge is 0.0776 e. The second-order valence-corrected chi connectivity index (χ2v) is 3.89. The minimum absolute atomic E-state index is 0.208. The van der Waals surface area contributed by atoms with Gasteiger partial charge >= 0.3 is 0 Å². The van der Waals surface area contributed by atoms with Crippen molar-refractivity contribution in [1.29, 1.82) is 0 Å². The van der Waals surface area contributed by atoms with E-state index in [1.54, 1.807) is 7.11 Å². The van der Waals surface area contributed by atoms with Crippen LogP contribution in [0.4, 0.5) is 0 Å². The van der Waals surface area contributed by atoms with E-state index >= 15 is 0 Å². The van der Waals surface area contributed by atoms with E-state index in [2.05, 4.69) is 12.2 Å². The van der Waals surface area contributed by atoms with E-state index in [4.69, 9.17) is 9.47 Å². The molecule has 13 heavy (non-hydrogen) atoms. The first kappa shape index (κ1) is 11.0. The number of methoxy groups -OCH3 is 1. The molecule has 0 aliphatic carbocycles. The van der Waals surface area contributed by atoms with Crippen molar-refractivity contribution in [2.75, 3.05) is 20.3 Å². The molecule has 0 aromatic rings. The summed E-state index contributed by atoms with van der Waals surface area (Å²) in [7, 11) is 1.72. The highest BCUT2D eigenvalue weighted by molar-refractivity contribution is 4.75. The number of piperidine rings is 1. The third kappa shape index (κ3) is 4.07. The molecule has 1 saturated heterocycles. The number of hydrogen-bond donors (Lipinski definition) is 1. The Hall–Kier alpha value is -0.120. The molecule has 1 heterocycles. The van der Waals surface area contributed by atoms with E-state index in [0.717, 1.165) is 6.54 Å². The first-order chi connectivity index (χ1) is 6.22. The second-order valence-electron chi connectivity index (χ2n) is 3.89. The lowest BCUT2D eigenvalue weighted by Gasteiger charge is -2.28. The summed E-state index contributed by atoms with van der Waals surface area (Å²) in [4.78, 5) is 0. The first-order valence-electron chi connectivity index (χ1n) is 5.10. The maximum Gasteiger partial charge on any atom is 0.0776 e. The van der Waals surface area contributed by atoms with Crippen molar-refractivity contribution in [3.05, 3.63) is 0 Å². The van der Waals surface area contributed by atoms with Crippen molar-refractivity contribution in [1.82, 2.24) is 5.32 Å². The fourth-order valence-electron chi connectivity index (χ4n) is 1.45. The number of nitrogens with one attached hydrogen (secondary N) is 1. The van der Waals surface area contributed by atoms with Gasteiger partial charge in [0.05, 0.1) is 18.8 Å². The molecule has 0 radical (unpaired) electrons. The molecule has 1 N–H and O–H groups in total. The van der Waals surface area contributed by atoms with Crippen molar-refractivity contribution < 1.29 is 9.47 Å². The first-order valence-corrected chi connectivity index (χ1v) is 5.10. The third-order valence-electron chi connectivity index (χ3n) is 2.58. The highest BCUT2D eigenvalue weighted by Crippen LogP contribution is 2.11. The van der Waals surface area contributed by atoms with E-state index in [0.29, 0.717) is 18.8 Å². The summed E-state index contributed by atoms with van der Waals surface area (Å²) in [6.45, 7) is 5.93. The van der Waals surface area contributed by atoms with Crippen LogP contribution in [0.5, 0.6) is 0 Å². The van der Waals surface area contributed by atoms with Crippen LogP contribution in [0.3, 0.4) is 0 Å². The van der Waals surface area contributed by atoms with E-state index in [9.17, 15) is 0 Å². The molecular weight excluding hydrogens is 166 g/mol. The zero-order valence-electron chi connectivity index (χ0n) is 8.88. The summed E-state index contributed by atoms with van der Waals surface area (Å²) in [5.74, 6) is 0. The Kier molecular flexibility index (Phi) is 4.70. The largest absolute Gasteiger partial charge is 0.379 e. The summed E-state index contributed by atoms with van der Waals surface area (Å²) in [5.41, 5.74) is 0. The monoisotopic (exact) mass is 187 g/mol. The molecule has 3 unspecified atom stereocenters. The molecule has 3 atom stereocenters. The van der Waals surface area contributed by atoms with Gasteiger partial charge in [-0.1, -0.05) is 0 Å². The summed E-state index contributed by atoms with van der Waals surface area (Å²) in [6, 6.07) is 0.652. The molecule has 1 aliphatic rings. The molecule has 0 spiro atoms. The average molecular weight is 187 g/mol. The highest BCUT2D eigenvalue weighted by atomic mass is 16.5. The third-order valence-corrected chi connectivity index (χ3v) is 2.58. The van der Waals surface area contributed by atoms with Crippen molar-refractivity contribution in [3.63, 3.8) is 0 Å². The normalized spacial score (nSPS) is 31.6. The van der Waals surface area contributed by atoms with E-state index in [-0.39, 0.29) is 6.10 Å². The van der Waals surface area contributed by atoms with Gasteiger partial charge in [-0.15, -0.1) is 0 Å². The van der Waals surface area contributed by atoms with Gasteiger partial charge in [0.15, 0.2) is 0 Å². The van der Waals surface area contributed by atoms with Crippen LogP contribution in [0, 0.1) is 0 Å². The van der Waals surface area contributed by atoms with Gasteiger partial charge in [-0.3, -0.25) is 0 Å². The Morgan fingerprint density at radius 2 is 2.23 bits per heavy atom. The molecule has 3 heteroatoms. The van der Waals surface area contributed by atoms with Crippen LogP contribution in [-0.2, 0) is 9.47 Å². The molecular formula is C10H21NO2.